The standard InChI is InChI=1S/C99H108Cl4N6O7/c1-62-13-24-68(25-14-62)93-80-40-42-82(104-80)94(69-26-15-63(2)16-27-69)84-44-46-86(106-84)96(87-47-45-85(107-87)95(83-43-41-81(93)105-83)70-28-17-64(3)18-29-70)71-30-36-75(37-31-71)114-92(113)48-19-65(4)77-38-39-78-97-79(61-89(110)99(77,78)6)98(5)50-49-76(115-90(111)11-7-9-66-20-32-73(33-21-66)108(55-51-100)56-52-101)59-72(98)60-88(97)116-91(112)12-8-10-67-22-34-74(35-23-67)109(57-53-102)58-54-103/h13-18,20-37,40-47,65,72,76-79,88-89,97,104,107,110H,7-12,19,38-39,48-61H2,1-6H3/t65-,72+,76-,77-,78+,79+,88-,89+,97+,98+,99-/m1/s1. The van der Waals surface area contributed by atoms with Crippen molar-refractivity contribution in [1.29, 1.82) is 0 Å². The number of alkyl halides is 4. The number of benzene rings is 6. The van der Waals surface area contributed by atoms with Crippen LogP contribution in [0.3, 0.4) is 0 Å². The molecule has 8 bridgehead atoms. The van der Waals surface area contributed by atoms with E-state index in [1.807, 2.05) is 24.3 Å². The number of carbonyl (C=O) groups is 3. The maximum Gasteiger partial charge on any atom is 0.311 e. The number of H-pyrrole nitrogens is 2. The Kier molecular flexibility index (Phi) is 25.9. The van der Waals surface area contributed by atoms with Gasteiger partial charge in [-0.25, -0.2) is 9.97 Å². The molecular weight excluding hydrogens is 1530 g/mol. The second-order valence-electron chi connectivity index (χ2n) is 33.8. The molecule has 0 unspecified atom stereocenters. The largest absolute Gasteiger partial charge is 0.462 e. The second-order valence-corrected chi connectivity index (χ2v) is 35.3. The van der Waals surface area contributed by atoms with Crippen molar-refractivity contribution in [3.63, 3.8) is 0 Å². The number of nitrogens with one attached hydrogen (secondary N) is 2. The van der Waals surface area contributed by atoms with Gasteiger partial charge in [-0.2, -0.15) is 0 Å². The molecule has 3 N–H and O–H groups in total. The molecule has 17 heteroatoms. The Morgan fingerprint density at radius 3 is 1.33 bits per heavy atom. The molecule has 0 saturated heterocycles. The molecule has 6 aromatic carbocycles. The first-order valence-electron chi connectivity index (χ1n) is 42.0. The number of esters is 3. The molecule has 4 saturated carbocycles. The van der Waals surface area contributed by atoms with Crippen molar-refractivity contribution >= 4 is 122 Å². The van der Waals surface area contributed by atoms with Crippen LogP contribution in [0.5, 0.6) is 5.75 Å². The number of anilines is 2. The van der Waals surface area contributed by atoms with Gasteiger partial charge in [0, 0.05) is 131 Å². The molecule has 13 nitrogen and oxygen atoms in total. The number of fused-ring (bicyclic) bond motifs is 13. The molecule has 6 aliphatic rings. The number of aromatic amines is 2. The van der Waals surface area contributed by atoms with Crippen LogP contribution >= 0.6 is 46.4 Å². The number of aryl methyl sites for hydroxylation is 5. The second kappa shape index (κ2) is 36.5. The number of aliphatic hydroxyl groups excluding tert-OH is 1. The average Bonchev–Trinajstić information content (AvgIpc) is 1.39. The van der Waals surface area contributed by atoms with Gasteiger partial charge in [-0.15, -0.1) is 46.4 Å². The monoisotopic (exact) mass is 1630 g/mol. The molecule has 15 rings (SSSR count). The molecule has 4 aliphatic carbocycles. The Bertz CT molecular complexity index is 5160. The predicted molar refractivity (Wildman–Crippen MR) is 477 cm³/mol. The van der Waals surface area contributed by atoms with Crippen molar-refractivity contribution in [3.05, 3.63) is 220 Å². The van der Waals surface area contributed by atoms with Crippen LogP contribution in [0.4, 0.5) is 11.4 Å². The lowest BCUT2D eigenvalue weighted by molar-refractivity contribution is -0.218. The third-order valence-corrected chi connectivity index (χ3v) is 27.4. The minimum Gasteiger partial charge on any atom is -0.462 e. The summed E-state index contributed by atoms with van der Waals surface area (Å²) < 4.78 is 19.5. The number of hydrogen-bond acceptors (Lipinski definition) is 11. The van der Waals surface area contributed by atoms with Gasteiger partial charge in [0.2, 0.25) is 0 Å². The summed E-state index contributed by atoms with van der Waals surface area (Å²) >= 11 is 24.5. The Labute approximate surface area is 703 Å². The van der Waals surface area contributed by atoms with Crippen molar-refractivity contribution < 1.29 is 33.7 Å². The number of aromatic nitrogens is 4. The van der Waals surface area contributed by atoms with Crippen LogP contribution in [0, 0.1) is 67.1 Å². The fourth-order valence-electron chi connectivity index (χ4n) is 20.6. The number of carbonyl (C=O) groups excluding carboxylic acids is 3. The van der Waals surface area contributed by atoms with E-state index < -0.39 is 11.5 Å². The van der Waals surface area contributed by atoms with E-state index in [1.165, 1.54) is 5.56 Å². The van der Waals surface area contributed by atoms with Gasteiger partial charge in [-0.05, 0) is 257 Å². The van der Waals surface area contributed by atoms with Gasteiger partial charge < -0.3 is 39.1 Å². The van der Waals surface area contributed by atoms with Crippen LogP contribution in [0.1, 0.15) is 155 Å². The van der Waals surface area contributed by atoms with E-state index in [4.69, 9.17) is 70.6 Å². The van der Waals surface area contributed by atoms with Crippen molar-refractivity contribution in [2.45, 2.75) is 156 Å². The summed E-state index contributed by atoms with van der Waals surface area (Å²) in [5, 5.41) is 13.0. The minimum absolute atomic E-state index is 0.0289. The highest BCUT2D eigenvalue weighted by atomic mass is 35.5. The fourth-order valence-corrected chi connectivity index (χ4v) is 21.4. The summed E-state index contributed by atoms with van der Waals surface area (Å²) in [7, 11) is 0. The molecule has 2 aliphatic heterocycles. The van der Waals surface area contributed by atoms with Crippen LogP contribution < -0.4 is 14.5 Å². The number of rotatable bonds is 29. The van der Waals surface area contributed by atoms with Gasteiger partial charge in [-0.3, -0.25) is 14.4 Å². The zero-order chi connectivity index (χ0) is 80.8. The number of halogens is 4. The molecule has 0 radical (unpaired) electrons. The maximum absolute atomic E-state index is 14.5. The van der Waals surface area contributed by atoms with Crippen molar-refractivity contribution in [2.75, 3.05) is 59.5 Å². The summed E-state index contributed by atoms with van der Waals surface area (Å²) in [5.74, 6) is 2.29. The molecular formula is C99H108Cl4N6O7. The SMILES string of the molecule is Cc1ccc(-c2c3nc(c(-c4ccc(C)cc4)c4ccc([nH]4)c(-c4ccc(OC(=O)CC[C@@H](C)[C@H]5CC[C@H]6[C@@H]7[C@H](OC(=O)CCCc8ccc(N(CCCl)CCCl)cc8)C[C@@H]8C[C@H](OC(=O)CCCc9ccc(N(CCCl)CCCl)cc9)CC[C@]8(C)[C@H]7C[C@H](O)[C@]56C)cc4)c4nc(c(-c5ccc(C)cc5)c5ccc2[nH]5)C=C4)C=C3)cc1. The Morgan fingerprint density at radius 2 is 0.905 bits per heavy atom. The van der Waals surface area contributed by atoms with Crippen LogP contribution in [0.15, 0.2) is 170 Å². The molecule has 9 aromatic rings. The normalized spacial score (nSPS) is 22.1. The highest BCUT2D eigenvalue weighted by molar-refractivity contribution is 6.19. The van der Waals surface area contributed by atoms with Gasteiger partial charge in [-0.1, -0.05) is 147 Å². The van der Waals surface area contributed by atoms with Crippen LogP contribution in [-0.4, -0.2) is 111 Å². The third kappa shape index (κ3) is 17.8. The minimum atomic E-state index is -0.609. The van der Waals surface area contributed by atoms with Crippen LogP contribution in [-0.2, 0) is 36.7 Å². The molecule has 11 atom stereocenters. The topological polar surface area (TPSA) is 163 Å². The zero-order valence-electron chi connectivity index (χ0n) is 67.6. The van der Waals surface area contributed by atoms with Crippen molar-refractivity contribution in [1.82, 2.24) is 19.9 Å². The van der Waals surface area contributed by atoms with Gasteiger partial charge >= 0.3 is 17.9 Å². The molecule has 604 valence electrons. The summed E-state index contributed by atoms with van der Waals surface area (Å²) in [5.41, 5.74) is 21.9. The first kappa shape index (κ1) is 82.2. The Morgan fingerprint density at radius 1 is 0.491 bits per heavy atom. The smallest absolute Gasteiger partial charge is 0.311 e. The summed E-state index contributed by atoms with van der Waals surface area (Å²) in [4.78, 5) is 65.7. The van der Waals surface area contributed by atoms with Crippen LogP contribution in [0.2, 0.25) is 0 Å². The van der Waals surface area contributed by atoms with Gasteiger partial charge in [0.15, 0.2) is 0 Å². The van der Waals surface area contributed by atoms with Gasteiger partial charge in [0.1, 0.15) is 18.0 Å². The summed E-state index contributed by atoms with van der Waals surface area (Å²) in [6, 6.07) is 59.1. The lowest BCUT2D eigenvalue weighted by Crippen LogP contribution is -2.63. The summed E-state index contributed by atoms with van der Waals surface area (Å²) in [6.07, 6.45) is 16.8. The molecule has 0 spiro atoms. The lowest BCUT2D eigenvalue weighted by atomic mass is 9.43. The van der Waals surface area contributed by atoms with E-state index in [1.54, 1.807) is 0 Å². The first-order valence-corrected chi connectivity index (χ1v) is 44.1. The third-order valence-electron chi connectivity index (χ3n) is 26.7. The molecule has 116 heavy (non-hydrogen) atoms. The van der Waals surface area contributed by atoms with Gasteiger partial charge in [0.05, 0.1) is 28.9 Å². The number of ether oxygens (including phenoxy) is 3. The number of hydrogen-bond donors (Lipinski definition) is 3. The maximum atomic E-state index is 14.5. The van der Waals surface area contributed by atoms with E-state index in [-0.39, 0.29) is 83.9 Å². The van der Waals surface area contributed by atoms with E-state index in [2.05, 4.69) is 231 Å². The molecule has 3 aromatic heterocycles. The zero-order valence-corrected chi connectivity index (χ0v) is 70.7. The molecule has 0 amide bonds. The number of aliphatic hydroxyl groups is 1. The predicted octanol–water partition coefficient (Wildman–Crippen LogP) is 23.2. The van der Waals surface area contributed by atoms with Crippen molar-refractivity contribution in [2.24, 2.45) is 46.3 Å². The Balaban J connectivity index is 0.660. The van der Waals surface area contributed by atoms with Crippen molar-refractivity contribution in [3.8, 4) is 50.3 Å². The van der Waals surface area contributed by atoms with E-state index in [0.717, 1.165) is 175 Å². The molecule has 4 fully saturated rings. The highest BCUT2D eigenvalue weighted by Gasteiger charge is 2.67. The van der Waals surface area contributed by atoms with Gasteiger partial charge in [0.25, 0.3) is 0 Å². The quantitative estimate of drug-likeness (QED) is 0.0232. The average molecular weight is 1640 g/mol. The highest BCUT2D eigenvalue weighted by Crippen LogP contribution is 2.69. The Hall–Kier alpha value is -8.95. The van der Waals surface area contributed by atoms with E-state index in [0.29, 0.717) is 87.3 Å². The molecule has 5 heterocycles. The summed E-state index contributed by atoms with van der Waals surface area (Å²) in [6.45, 7) is 16.1. The first-order chi connectivity index (χ1) is 56.3. The van der Waals surface area contributed by atoms with Crippen LogP contribution in [0.25, 0.3) is 90.9 Å². The fraction of sp³-hybridized carbons (Fsp3) is 0.404. The number of nitrogens with zero attached hydrogens (tertiary/aromatic N) is 4. The van der Waals surface area contributed by atoms with E-state index in [9.17, 15) is 19.5 Å². The lowest BCUT2D eigenvalue weighted by Gasteiger charge is -2.64. The van der Waals surface area contributed by atoms with E-state index >= 15 is 0 Å².